The van der Waals surface area contributed by atoms with Gasteiger partial charge in [-0.25, -0.2) is 8.42 Å². The van der Waals surface area contributed by atoms with E-state index in [9.17, 15) is 31.2 Å². The summed E-state index contributed by atoms with van der Waals surface area (Å²) in [5, 5.41) is 2.49. The van der Waals surface area contributed by atoms with E-state index in [0.717, 1.165) is 18.3 Å². The molecule has 37 heavy (non-hydrogen) atoms. The first-order valence-corrected chi connectivity index (χ1v) is 13.5. The predicted molar refractivity (Wildman–Crippen MR) is 133 cm³/mol. The Labute approximate surface area is 213 Å². The van der Waals surface area contributed by atoms with Gasteiger partial charge in [0.1, 0.15) is 5.57 Å². The molecule has 0 spiro atoms. The number of aliphatic imine (C=N–C) groups is 1. The zero-order valence-electron chi connectivity index (χ0n) is 20.5. The minimum atomic E-state index is -4.58. The number of carbonyl (C=O) groups excluding carboxylic acids is 2. The number of nitrogens with one attached hydrogen (secondary N) is 1. The first-order chi connectivity index (χ1) is 17.3. The zero-order valence-corrected chi connectivity index (χ0v) is 21.4. The maximum absolute atomic E-state index is 13.3. The van der Waals surface area contributed by atoms with Crippen molar-refractivity contribution in [3.8, 4) is 0 Å². The number of ketones is 1. The topological polar surface area (TPSA) is 92.7 Å². The highest BCUT2D eigenvalue weighted by atomic mass is 32.2. The van der Waals surface area contributed by atoms with Crippen molar-refractivity contribution in [2.24, 2.45) is 10.9 Å². The number of alkyl halides is 3. The molecule has 1 N–H and O–H groups in total. The summed E-state index contributed by atoms with van der Waals surface area (Å²) in [5.74, 6) is -2.57. The molecule has 2 aliphatic rings. The molecular weight excluding hydrogens is 505 g/mol. The molecular formula is C27H27F3N2O4S. The van der Waals surface area contributed by atoms with Gasteiger partial charge in [-0.05, 0) is 55.0 Å². The van der Waals surface area contributed by atoms with Crippen LogP contribution in [0.1, 0.15) is 62.3 Å². The largest absolute Gasteiger partial charge is 0.416 e. The minimum absolute atomic E-state index is 0.104. The van der Waals surface area contributed by atoms with Crippen molar-refractivity contribution in [1.29, 1.82) is 0 Å². The molecule has 1 aliphatic carbocycles. The number of sulfone groups is 1. The van der Waals surface area contributed by atoms with Crippen molar-refractivity contribution in [1.82, 2.24) is 5.32 Å². The number of benzene rings is 2. The maximum Gasteiger partial charge on any atom is 0.416 e. The number of carbonyl (C=O) groups is 2. The van der Waals surface area contributed by atoms with E-state index in [4.69, 9.17) is 0 Å². The van der Waals surface area contributed by atoms with Crippen LogP contribution in [0.25, 0.3) is 0 Å². The third-order valence-electron chi connectivity index (χ3n) is 6.62. The fraction of sp³-hybridized carbons (Fsp3) is 0.370. The second-order valence-corrected chi connectivity index (χ2v) is 12.0. The van der Waals surface area contributed by atoms with Crippen molar-refractivity contribution >= 4 is 27.2 Å². The Hall–Kier alpha value is -3.27. The number of hydrogen-bond donors (Lipinski definition) is 1. The zero-order chi connectivity index (χ0) is 27.1. The van der Waals surface area contributed by atoms with E-state index in [0.29, 0.717) is 18.4 Å². The van der Waals surface area contributed by atoms with Crippen LogP contribution in [-0.4, -0.2) is 31.1 Å². The molecule has 2 aromatic rings. The number of rotatable bonds is 7. The van der Waals surface area contributed by atoms with Gasteiger partial charge in [0.25, 0.3) is 5.91 Å². The van der Waals surface area contributed by atoms with Crippen molar-refractivity contribution in [3.05, 3.63) is 77.0 Å². The lowest BCUT2D eigenvalue weighted by Gasteiger charge is -2.26. The van der Waals surface area contributed by atoms with E-state index >= 15 is 0 Å². The van der Waals surface area contributed by atoms with Crippen LogP contribution >= 0.6 is 0 Å². The van der Waals surface area contributed by atoms with Gasteiger partial charge in [-0.3, -0.25) is 14.6 Å². The van der Waals surface area contributed by atoms with Crippen LogP contribution in [0, 0.1) is 5.92 Å². The molecule has 0 saturated heterocycles. The summed E-state index contributed by atoms with van der Waals surface area (Å²) in [5.41, 5.74) is -0.0954. The molecule has 0 aromatic heterocycles. The van der Waals surface area contributed by atoms with Gasteiger partial charge in [0.05, 0.1) is 27.7 Å². The SMILES string of the molecule is CC1=NC=C(C(=O)NC(c2ccc(S(=O)(=O)C3CC3)cc2)C(C)C)C(=O)C1c1cccc(C(F)(F)F)c1. The summed E-state index contributed by atoms with van der Waals surface area (Å²) in [6.45, 7) is 5.26. The van der Waals surface area contributed by atoms with Gasteiger partial charge in [-0.1, -0.05) is 44.2 Å². The molecule has 4 rings (SSSR count). The minimum Gasteiger partial charge on any atom is -0.345 e. The maximum atomic E-state index is 13.3. The number of Topliss-reactive ketones (excluding diaryl/α,β-unsaturated/α-hetero) is 1. The number of nitrogens with zero attached hydrogens (tertiary/aromatic N) is 1. The van der Waals surface area contributed by atoms with Gasteiger partial charge in [0.15, 0.2) is 15.6 Å². The second kappa shape index (κ2) is 9.89. The highest BCUT2D eigenvalue weighted by Crippen LogP contribution is 2.35. The monoisotopic (exact) mass is 532 g/mol. The molecule has 1 fully saturated rings. The van der Waals surface area contributed by atoms with Gasteiger partial charge in [-0.15, -0.1) is 0 Å². The molecule has 10 heteroatoms. The van der Waals surface area contributed by atoms with Crippen molar-refractivity contribution in [2.75, 3.05) is 0 Å². The smallest absolute Gasteiger partial charge is 0.345 e. The van der Waals surface area contributed by atoms with Crippen LogP contribution in [0.15, 0.2) is 70.2 Å². The molecule has 1 aliphatic heterocycles. The lowest BCUT2D eigenvalue weighted by Crippen LogP contribution is -2.37. The molecule has 1 saturated carbocycles. The number of hydrogen-bond acceptors (Lipinski definition) is 5. The lowest BCUT2D eigenvalue weighted by molar-refractivity contribution is -0.137. The Morgan fingerprint density at radius 3 is 2.30 bits per heavy atom. The lowest BCUT2D eigenvalue weighted by atomic mass is 9.84. The average molecular weight is 533 g/mol. The average Bonchev–Trinajstić information content (AvgIpc) is 3.68. The third kappa shape index (κ3) is 5.53. The first-order valence-electron chi connectivity index (χ1n) is 11.9. The summed E-state index contributed by atoms with van der Waals surface area (Å²) < 4.78 is 64.7. The van der Waals surface area contributed by atoms with E-state index in [2.05, 4.69) is 10.3 Å². The molecule has 1 heterocycles. The van der Waals surface area contributed by atoms with Crippen LogP contribution in [-0.2, 0) is 25.6 Å². The molecule has 0 bridgehead atoms. The second-order valence-electron chi connectivity index (χ2n) is 9.74. The predicted octanol–water partition coefficient (Wildman–Crippen LogP) is 5.17. The van der Waals surface area contributed by atoms with Crippen molar-refractivity contribution < 1.29 is 31.2 Å². The number of amides is 1. The molecule has 6 nitrogen and oxygen atoms in total. The van der Waals surface area contributed by atoms with Gasteiger partial charge in [-0.2, -0.15) is 13.2 Å². The number of halogens is 3. The molecule has 196 valence electrons. The summed E-state index contributed by atoms with van der Waals surface area (Å²) in [6, 6.07) is 10.2. The Bertz CT molecular complexity index is 1390. The van der Waals surface area contributed by atoms with E-state index in [1.807, 2.05) is 13.8 Å². The van der Waals surface area contributed by atoms with E-state index < -0.39 is 45.2 Å². The summed E-state index contributed by atoms with van der Waals surface area (Å²) in [4.78, 5) is 30.8. The first kappa shape index (κ1) is 26.8. The van der Waals surface area contributed by atoms with Crippen LogP contribution in [0.5, 0.6) is 0 Å². The summed E-state index contributed by atoms with van der Waals surface area (Å²) in [7, 11) is -3.35. The molecule has 0 radical (unpaired) electrons. The van der Waals surface area contributed by atoms with E-state index in [-0.39, 0.29) is 32.9 Å². The molecule has 1 amide bonds. The Kier molecular flexibility index (Phi) is 7.16. The van der Waals surface area contributed by atoms with E-state index in [1.165, 1.54) is 31.2 Å². The Morgan fingerprint density at radius 2 is 1.73 bits per heavy atom. The fourth-order valence-electron chi connectivity index (χ4n) is 4.40. The summed E-state index contributed by atoms with van der Waals surface area (Å²) in [6.07, 6.45) is -2.13. The summed E-state index contributed by atoms with van der Waals surface area (Å²) >= 11 is 0. The standard InChI is InChI=1S/C27H27F3N2O4S/c1-15(2)24(17-7-9-20(10-8-17)37(35,36)21-11-12-21)32-26(34)22-14-31-16(3)23(25(22)33)18-5-4-6-19(13-18)27(28,29)30/h4-10,13-15,21,23-24H,11-12H2,1-3H3,(H,32,34). The molecule has 2 aromatic carbocycles. The van der Waals surface area contributed by atoms with Gasteiger partial charge < -0.3 is 5.32 Å². The van der Waals surface area contributed by atoms with Crippen LogP contribution in [0.4, 0.5) is 13.2 Å². The van der Waals surface area contributed by atoms with Crippen molar-refractivity contribution in [2.45, 2.75) is 61.9 Å². The Morgan fingerprint density at radius 1 is 1.08 bits per heavy atom. The fourth-order valence-corrected chi connectivity index (χ4v) is 6.05. The normalized spacial score (nSPS) is 19.3. The van der Waals surface area contributed by atoms with E-state index in [1.54, 1.807) is 12.1 Å². The van der Waals surface area contributed by atoms with Crippen LogP contribution in [0.2, 0.25) is 0 Å². The molecule has 2 unspecified atom stereocenters. The quantitative estimate of drug-likeness (QED) is 0.498. The van der Waals surface area contributed by atoms with Crippen LogP contribution < -0.4 is 5.32 Å². The van der Waals surface area contributed by atoms with Crippen molar-refractivity contribution in [3.63, 3.8) is 0 Å². The Balaban J connectivity index is 1.56. The highest BCUT2D eigenvalue weighted by molar-refractivity contribution is 7.92. The van der Waals surface area contributed by atoms with Gasteiger partial charge >= 0.3 is 6.18 Å². The van der Waals surface area contributed by atoms with Crippen LogP contribution in [0.3, 0.4) is 0 Å². The van der Waals surface area contributed by atoms with Gasteiger partial charge in [0.2, 0.25) is 0 Å². The van der Waals surface area contributed by atoms with Gasteiger partial charge in [0, 0.05) is 11.9 Å². The third-order valence-corrected chi connectivity index (χ3v) is 8.90. The molecule has 2 atom stereocenters. The highest BCUT2D eigenvalue weighted by Gasteiger charge is 2.38.